The zero-order valence-corrected chi connectivity index (χ0v) is 13.4. The fourth-order valence-electron chi connectivity index (χ4n) is 6.67. The molecule has 0 aromatic rings. The Morgan fingerprint density at radius 2 is 1.76 bits per heavy atom. The summed E-state index contributed by atoms with van der Waals surface area (Å²) >= 11 is 0. The number of amides is 1. The maximum absolute atomic E-state index is 11.8. The van der Waals surface area contributed by atoms with Gasteiger partial charge in [0, 0.05) is 12.5 Å². The number of piperidine rings is 1. The zero-order chi connectivity index (χ0) is 14.8. The highest BCUT2D eigenvalue weighted by atomic mass is 16.3. The molecule has 0 aromatic heterocycles. The quantitative estimate of drug-likeness (QED) is 0.721. The highest BCUT2D eigenvalue weighted by Crippen LogP contribution is 2.63. The summed E-state index contributed by atoms with van der Waals surface area (Å²) in [4.78, 5) is 11.8. The molecular formula is C18H29NO2. The minimum atomic E-state index is -0.0833. The smallest absolute Gasteiger partial charge is 0.220 e. The number of carbonyl (C=O) groups excluding carboxylic acids is 1. The van der Waals surface area contributed by atoms with Crippen LogP contribution < -0.4 is 5.32 Å². The number of hydrogen-bond acceptors (Lipinski definition) is 2. The average molecular weight is 291 g/mol. The standard InChI is InChI=1S/C18H29NO2/c1-17-10-8-16(21)19-14(17)5-3-11-12-4-6-15(20)18(12,2)9-7-13(11)17/h11-15,20H,3-10H2,1-2H3,(H,19,21)/t11-,12-,13-,14?,15?,17+,18-/m0/s1. The van der Waals surface area contributed by atoms with Gasteiger partial charge in [-0.25, -0.2) is 0 Å². The highest BCUT2D eigenvalue weighted by molar-refractivity contribution is 5.77. The van der Waals surface area contributed by atoms with Crippen LogP contribution in [0.1, 0.15) is 65.2 Å². The third kappa shape index (κ3) is 1.79. The third-order valence-corrected chi connectivity index (χ3v) is 8.04. The topological polar surface area (TPSA) is 49.3 Å². The van der Waals surface area contributed by atoms with Gasteiger partial charge >= 0.3 is 0 Å². The zero-order valence-electron chi connectivity index (χ0n) is 13.4. The Hall–Kier alpha value is -0.570. The van der Waals surface area contributed by atoms with Crippen LogP contribution >= 0.6 is 0 Å². The molecule has 3 saturated carbocycles. The first-order valence-corrected chi connectivity index (χ1v) is 8.92. The summed E-state index contributed by atoms with van der Waals surface area (Å²) < 4.78 is 0. The summed E-state index contributed by atoms with van der Waals surface area (Å²) in [5, 5.41) is 13.7. The average Bonchev–Trinajstić information content (AvgIpc) is 2.76. The molecule has 0 spiro atoms. The van der Waals surface area contributed by atoms with E-state index in [1.165, 1.54) is 25.7 Å². The van der Waals surface area contributed by atoms with E-state index in [-0.39, 0.29) is 17.4 Å². The van der Waals surface area contributed by atoms with E-state index in [0.717, 1.165) is 31.1 Å². The van der Waals surface area contributed by atoms with E-state index in [9.17, 15) is 9.90 Å². The van der Waals surface area contributed by atoms with Crippen LogP contribution in [0.5, 0.6) is 0 Å². The first kappa shape index (κ1) is 14.0. The number of aliphatic hydroxyl groups excluding tert-OH is 1. The molecule has 0 bridgehead atoms. The molecule has 4 fully saturated rings. The molecular weight excluding hydrogens is 262 g/mol. The van der Waals surface area contributed by atoms with Gasteiger partial charge < -0.3 is 10.4 Å². The van der Waals surface area contributed by atoms with Gasteiger partial charge in [-0.3, -0.25) is 4.79 Å². The van der Waals surface area contributed by atoms with Crippen molar-refractivity contribution >= 4 is 5.91 Å². The summed E-state index contributed by atoms with van der Waals surface area (Å²) in [6, 6.07) is 0.399. The third-order valence-electron chi connectivity index (χ3n) is 8.04. The van der Waals surface area contributed by atoms with Crippen LogP contribution in [0.4, 0.5) is 0 Å². The van der Waals surface area contributed by atoms with Gasteiger partial charge in [0.15, 0.2) is 0 Å². The first-order chi connectivity index (χ1) is 9.95. The van der Waals surface area contributed by atoms with Crippen molar-refractivity contribution in [1.82, 2.24) is 5.32 Å². The number of rotatable bonds is 0. The molecule has 3 nitrogen and oxygen atoms in total. The lowest BCUT2D eigenvalue weighted by atomic mass is 9.47. The van der Waals surface area contributed by atoms with E-state index in [0.29, 0.717) is 23.8 Å². The molecule has 0 radical (unpaired) electrons. The van der Waals surface area contributed by atoms with Crippen molar-refractivity contribution in [1.29, 1.82) is 0 Å². The van der Waals surface area contributed by atoms with E-state index < -0.39 is 0 Å². The van der Waals surface area contributed by atoms with E-state index in [4.69, 9.17) is 0 Å². The molecule has 21 heavy (non-hydrogen) atoms. The van der Waals surface area contributed by atoms with Crippen molar-refractivity contribution < 1.29 is 9.90 Å². The number of nitrogens with one attached hydrogen (secondary N) is 1. The van der Waals surface area contributed by atoms with Crippen LogP contribution in [-0.4, -0.2) is 23.2 Å². The molecule has 2 N–H and O–H groups in total. The van der Waals surface area contributed by atoms with Crippen LogP contribution in [0.15, 0.2) is 0 Å². The van der Waals surface area contributed by atoms with Crippen LogP contribution in [0.2, 0.25) is 0 Å². The fourth-order valence-corrected chi connectivity index (χ4v) is 6.67. The molecule has 118 valence electrons. The lowest BCUT2D eigenvalue weighted by Gasteiger charge is -2.59. The minimum Gasteiger partial charge on any atom is -0.393 e. The van der Waals surface area contributed by atoms with Crippen molar-refractivity contribution in [2.24, 2.45) is 28.6 Å². The Kier molecular flexibility index (Phi) is 2.99. The molecule has 1 amide bonds. The second-order valence-corrected chi connectivity index (χ2v) is 8.72. The lowest BCUT2D eigenvalue weighted by molar-refractivity contribution is -0.138. The molecule has 2 unspecified atom stereocenters. The predicted molar refractivity (Wildman–Crippen MR) is 81.6 cm³/mol. The highest BCUT2D eigenvalue weighted by Gasteiger charge is 2.60. The Morgan fingerprint density at radius 1 is 1.00 bits per heavy atom. The second kappa shape index (κ2) is 4.47. The van der Waals surface area contributed by atoms with E-state index in [1.807, 2.05) is 0 Å². The minimum absolute atomic E-state index is 0.0833. The van der Waals surface area contributed by atoms with Gasteiger partial charge in [-0.15, -0.1) is 0 Å². The van der Waals surface area contributed by atoms with E-state index >= 15 is 0 Å². The van der Waals surface area contributed by atoms with Crippen molar-refractivity contribution in [2.75, 3.05) is 0 Å². The van der Waals surface area contributed by atoms with Crippen LogP contribution in [0, 0.1) is 28.6 Å². The number of aliphatic hydroxyl groups is 1. The van der Waals surface area contributed by atoms with E-state index in [2.05, 4.69) is 19.2 Å². The summed E-state index contributed by atoms with van der Waals surface area (Å²) in [5.74, 6) is 2.49. The van der Waals surface area contributed by atoms with Crippen LogP contribution in [0.25, 0.3) is 0 Å². The molecule has 3 aliphatic carbocycles. The molecule has 1 saturated heterocycles. The summed E-state index contributed by atoms with van der Waals surface area (Å²) in [5.41, 5.74) is 0.466. The number of fused-ring (bicyclic) bond motifs is 5. The maximum atomic E-state index is 11.8. The number of hydrogen-bond donors (Lipinski definition) is 2. The normalized spacial score (nSPS) is 56.1. The van der Waals surface area contributed by atoms with Crippen molar-refractivity contribution in [2.45, 2.75) is 77.4 Å². The summed E-state index contributed by atoms with van der Waals surface area (Å²) in [7, 11) is 0. The van der Waals surface area contributed by atoms with Crippen molar-refractivity contribution in [3.05, 3.63) is 0 Å². The van der Waals surface area contributed by atoms with Gasteiger partial charge in [0.2, 0.25) is 5.91 Å². The molecule has 0 aromatic carbocycles. The van der Waals surface area contributed by atoms with E-state index in [1.54, 1.807) is 0 Å². The van der Waals surface area contributed by atoms with Crippen LogP contribution in [0.3, 0.4) is 0 Å². The van der Waals surface area contributed by atoms with Gasteiger partial charge in [-0.1, -0.05) is 13.8 Å². The van der Waals surface area contributed by atoms with Gasteiger partial charge in [0.25, 0.3) is 0 Å². The monoisotopic (exact) mass is 291 g/mol. The summed E-state index contributed by atoms with van der Waals surface area (Å²) in [6.45, 7) is 4.77. The van der Waals surface area contributed by atoms with Gasteiger partial charge in [-0.2, -0.15) is 0 Å². The Balaban J connectivity index is 1.64. The Labute approximate surface area is 127 Å². The predicted octanol–water partition coefficient (Wildman–Crippen LogP) is 2.87. The number of carbonyl (C=O) groups is 1. The molecule has 4 aliphatic rings. The van der Waals surface area contributed by atoms with Crippen LogP contribution in [-0.2, 0) is 4.79 Å². The molecule has 1 heterocycles. The Morgan fingerprint density at radius 3 is 2.57 bits per heavy atom. The van der Waals surface area contributed by atoms with Gasteiger partial charge in [-0.05, 0) is 73.5 Å². The maximum Gasteiger partial charge on any atom is 0.220 e. The molecule has 7 atom stereocenters. The molecule has 4 rings (SSSR count). The van der Waals surface area contributed by atoms with Crippen molar-refractivity contribution in [3.63, 3.8) is 0 Å². The molecule has 1 aliphatic heterocycles. The Bertz CT molecular complexity index is 464. The largest absolute Gasteiger partial charge is 0.393 e. The SMILES string of the molecule is C[C@]12CCC(=O)NC1CC[C@@H]1[C@@H]2CC[C@]2(C)C(O)CC[C@@H]12. The first-order valence-electron chi connectivity index (χ1n) is 8.92. The van der Waals surface area contributed by atoms with Gasteiger partial charge in [0.1, 0.15) is 0 Å². The second-order valence-electron chi connectivity index (χ2n) is 8.72. The van der Waals surface area contributed by atoms with Gasteiger partial charge in [0.05, 0.1) is 6.10 Å². The fraction of sp³-hybridized carbons (Fsp3) is 0.944. The lowest BCUT2D eigenvalue weighted by Crippen LogP contribution is -2.61. The van der Waals surface area contributed by atoms with Crippen molar-refractivity contribution in [3.8, 4) is 0 Å². The summed E-state index contributed by atoms with van der Waals surface area (Å²) in [6.07, 6.45) is 8.72. The molecule has 3 heteroatoms.